The summed E-state index contributed by atoms with van der Waals surface area (Å²) in [6.07, 6.45) is 1.67. The Kier molecular flexibility index (Phi) is 6.05. The molecule has 0 aliphatic heterocycles. The Bertz CT molecular complexity index is 785. The van der Waals surface area contributed by atoms with E-state index >= 15 is 0 Å². The predicted molar refractivity (Wildman–Crippen MR) is 90.8 cm³/mol. The molecule has 2 rings (SSSR count). The lowest BCUT2D eigenvalue weighted by Crippen LogP contribution is -2.43. The highest BCUT2D eigenvalue weighted by Crippen LogP contribution is 2.17. The Morgan fingerprint density at radius 2 is 1.76 bits per heavy atom. The zero-order valence-corrected chi connectivity index (χ0v) is 14.3. The molecule has 1 heterocycles. The first-order valence-electron chi connectivity index (χ1n) is 7.78. The van der Waals surface area contributed by atoms with E-state index < -0.39 is 29.8 Å². The van der Waals surface area contributed by atoms with Gasteiger partial charge in [0.2, 0.25) is 0 Å². The number of amides is 1. The number of rotatable bonds is 6. The van der Waals surface area contributed by atoms with E-state index in [-0.39, 0.29) is 6.42 Å². The summed E-state index contributed by atoms with van der Waals surface area (Å²) in [5.41, 5.74) is 0.879. The average Bonchev–Trinajstić information content (AvgIpc) is 2.65. The lowest BCUT2D eigenvalue weighted by molar-refractivity contribution is -0.147. The van der Waals surface area contributed by atoms with E-state index in [0.717, 1.165) is 5.39 Å². The van der Waals surface area contributed by atoms with Crippen molar-refractivity contribution in [3.8, 4) is 0 Å². The molecular weight excluding hydrogens is 324 g/mol. The zero-order valence-electron chi connectivity index (χ0n) is 14.3. The van der Waals surface area contributed by atoms with Crippen LogP contribution in [-0.2, 0) is 19.1 Å². The van der Waals surface area contributed by atoms with Crippen LogP contribution in [0.4, 0.5) is 0 Å². The summed E-state index contributed by atoms with van der Waals surface area (Å²) in [6, 6.07) is 7.86. The highest BCUT2D eigenvalue weighted by atomic mass is 16.5. The quantitative estimate of drug-likeness (QED) is 0.802. The second kappa shape index (κ2) is 8.23. The number of fused-ring (bicyclic) bond motifs is 1. The molecule has 1 N–H and O–H groups in total. The van der Waals surface area contributed by atoms with Gasteiger partial charge in [0.15, 0.2) is 0 Å². The van der Waals surface area contributed by atoms with E-state index in [1.807, 2.05) is 12.1 Å². The number of carbonyl (C=O) groups excluding carboxylic acids is 3. The summed E-state index contributed by atoms with van der Waals surface area (Å²) in [5.74, 6) is -2.12. The molecule has 0 saturated carbocycles. The van der Waals surface area contributed by atoms with E-state index in [9.17, 15) is 14.4 Å². The van der Waals surface area contributed by atoms with Crippen LogP contribution in [0.1, 0.15) is 23.7 Å². The molecule has 0 saturated heterocycles. The van der Waals surface area contributed by atoms with Gasteiger partial charge in [0.05, 0.1) is 31.2 Å². The molecule has 0 aliphatic carbocycles. The van der Waals surface area contributed by atoms with E-state index in [0.29, 0.717) is 11.1 Å². The minimum absolute atomic E-state index is 0.0727. The van der Waals surface area contributed by atoms with Crippen molar-refractivity contribution in [2.45, 2.75) is 19.4 Å². The largest absolute Gasteiger partial charge is 0.469 e. The highest BCUT2D eigenvalue weighted by molar-refractivity contribution is 6.06. The molecule has 1 amide bonds. The van der Waals surface area contributed by atoms with Crippen molar-refractivity contribution in [3.05, 3.63) is 42.1 Å². The lowest BCUT2D eigenvalue weighted by Gasteiger charge is -2.19. The van der Waals surface area contributed by atoms with Crippen LogP contribution in [0.3, 0.4) is 0 Å². The van der Waals surface area contributed by atoms with Crippen molar-refractivity contribution in [3.63, 3.8) is 0 Å². The molecule has 0 radical (unpaired) electrons. The van der Waals surface area contributed by atoms with Crippen molar-refractivity contribution in [2.75, 3.05) is 14.2 Å². The first-order valence-corrected chi connectivity index (χ1v) is 7.78. The van der Waals surface area contributed by atoms with E-state index in [1.165, 1.54) is 14.2 Å². The number of ether oxygens (including phenoxy) is 2. The molecule has 0 spiro atoms. The van der Waals surface area contributed by atoms with Crippen molar-refractivity contribution in [2.24, 2.45) is 5.92 Å². The summed E-state index contributed by atoms with van der Waals surface area (Å²) in [5, 5.41) is 3.44. The average molecular weight is 344 g/mol. The first kappa shape index (κ1) is 18.4. The molecule has 7 heteroatoms. The van der Waals surface area contributed by atoms with Crippen LogP contribution in [0.25, 0.3) is 10.9 Å². The van der Waals surface area contributed by atoms with Gasteiger partial charge < -0.3 is 14.8 Å². The second-order valence-corrected chi connectivity index (χ2v) is 5.59. The standard InChI is InChI=1S/C18H20N2O5/c1-11(17(22)24-2)10-14(18(23)25-3)20-16(21)13-8-4-6-12-7-5-9-19-15(12)13/h4-9,11,14H,10H2,1-3H3,(H,20,21)/t11-,14-/m0/s1. The number of carbonyl (C=O) groups is 3. The molecule has 0 fully saturated rings. The molecule has 2 aromatic rings. The van der Waals surface area contributed by atoms with Crippen LogP contribution in [0.2, 0.25) is 0 Å². The van der Waals surface area contributed by atoms with Gasteiger partial charge >= 0.3 is 11.9 Å². The number of nitrogens with one attached hydrogen (secondary N) is 1. The Labute approximate surface area is 145 Å². The minimum Gasteiger partial charge on any atom is -0.469 e. The van der Waals surface area contributed by atoms with Crippen LogP contribution in [0, 0.1) is 5.92 Å². The first-order chi connectivity index (χ1) is 12.0. The smallest absolute Gasteiger partial charge is 0.328 e. The number of nitrogens with zero attached hydrogens (tertiary/aromatic N) is 1. The summed E-state index contributed by atoms with van der Waals surface area (Å²) in [6.45, 7) is 1.62. The molecule has 0 unspecified atom stereocenters. The number of aromatic nitrogens is 1. The number of esters is 2. The fourth-order valence-electron chi connectivity index (χ4n) is 2.53. The number of benzene rings is 1. The maximum atomic E-state index is 12.6. The third kappa shape index (κ3) is 4.32. The maximum Gasteiger partial charge on any atom is 0.328 e. The van der Waals surface area contributed by atoms with Gasteiger partial charge in [0.1, 0.15) is 6.04 Å². The molecular formula is C18H20N2O5. The van der Waals surface area contributed by atoms with Crippen molar-refractivity contribution >= 4 is 28.7 Å². The number of pyridine rings is 1. The summed E-state index contributed by atoms with van der Waals surface area (Å²) in [4.78, 5) is 40.4. The predicted octanol–water partition coefficient (Wildman–Crippen LogP) is 1.71. The normalized spacial score (nSPS) is 12.9. The molecule has 2 atom stereocenters. The Hall–Kier alpha value is -2.96. The fourth-order valence-corrected chi connectivity index (χ4v) is 2.53. The molecule has 0 bridgehead atoms. The Balaban J connectivity index is 2.24. The van der Waals surface area contributed by atoms with E-state index in [4.69, 9.17) is 4.74 Å². The van der Waals surface area contributed by atoms with Gasteiger partial charge in [0.25, 0.3) is 5.91 Å². The van der Waals surface area contributed by atoms with Gasteiger partial charge in [-0.25, -0.2) is 4.79 Å². The third-order valence-corrected chi connectivity index (χ3v) is 3.86. The van der Waals surface area contributed by atoms with Crippen molar-refractivity contribution < 1.29 is 23.9 Å². The number of para-hydroxylation sites is 1. The van der Waals surface area contributed by atoms with Crippen LogP contribution in [-0.4, -0.2) is 43.1 Å². The van der Waals surface area contributed by atoms with Crippen LogP contribution in [0.15, 0.2) is 36.5 Å². The lowest BCUT2D eigenvalue weighted by atomic mass is 10.0. The molecule has 1 aromatic heterocycles. The van der Waals surface area contributed by atoms with Crippen LogP contribution < -0.4 is 5.32 Å². The Morgan fingerprint density at radius 1 is 1.08 bits per heavy atom. The van der Waals surface area contributed by atoms with Gasteiger partial charge in [-0.2, -0.15) is 0 Å². The van der Waals surface area contributed by atoms with E-state index in [2.05, 4.69) is 15.0 Å². The fraction of sp³-hybridized carbons (Fsp3) is 0.333. The molecule has 25 heavy (non-hydrogen) atoms. The number of methoxy groups -OCH3 is 2. The number of hydrogen-bond acceptors (Lipinski definition) is 6. The monoisotopic (exact) mass is 344 g/mol. The number of hydrogen-bond donors (Lipinski definition) is 1. The molecule has 0 aliphatic rings. The molecule has 7 nitrogen and oxygen atoms in total. The molecule has 132 valence electrons. The van der Waals surface area contributed by atoms with Gasteiger partial charge in [0, 0.05) is 11.6 Å². The topological polar surface area (TPSA) is 94.6 Å². The minimum atomic E-state index is -0.967. The summed E-state index contributed by atoms with van der Waals surface area (Å²) < 4.78 is 9.39. The highest BCUT2D eigenvalue weighted by Gasteiger charge is 2.28. The summed E-state index contributed by atoms with van der Waals surface area (Å²) >= 11 is 0. The zero-order chi connectivity index (χ0) is 18.4. The van der Waals surface area contributed by atoms with Gasteiger partial charge in [-0.3, -0.25) is 14.6 Å². The van der Waals surface area contributed by atoms with Crippen molar-refractivity contribution in [1.82, 2.24) is 10.3 Å². The van der Waals surface area contributed by atoms with Crippen LogP contribution >= 0.6 is 0 Å². The maximum absolute atomic E-state index is 12.6. The van der Waals surface area contributed by atoms with Gasteiger partial charge in [-0.1, -0.05) is 25.1 Å². The third-order valence-electron chi connectivity index (χ3n) is 3.86. The SMILES string of the molecule is COC(=O)[C@H](C[C@H](C)C(=O)OC)NC(=O)c1cccc2cccnc12. The van der Waals surface area contributed by atoms with Gasteiger partial charge in [-0.15, -0.1) is 0 Å². The summed E-state index contributed by atoms with van der Waals surface area (Å²) in [7, 11) is 2.50. The van der Waals surface area contributed by atoms with Crippen LogP contribution in [0.5, 0.6) is 0 Å². The van der Waals surface area contributed by atoms with E-state index in [1.54, 1.807) is 31.3 Å². The van der Waals surface area contributed by atoms with Crippen molar-refractivity contribution in [1.29, 1.82) is 0 Å². The Morgan fingerprint density at radius 3 is 2.44 bits per heavy atom. The molecule has 1 aromatic carbocycles. The van der Waals surface area contributed by atoms with Gasteiger partial charge in [-0.05, 0) is 18.6 Å². The second-order valence-electron chi connectivity index (χ2n) is 5.59.